The zero-order chi connectivity index (χ0) is 14.7. The molecule has 1 rings (SSSR count). The number of hydrogen-bond acceptors (Lipinski definition) is 2. The van der Waals surface area contributed by atoms with Gasteiger partial charge in [-0.05, 0) is 61.3 Å². The maximum Gasteiger partial charge on any atom is 0.125 e. The van der Waals surface area contributed by atoms with Crippen molar-refractivity contribution in [3.8, 4) is 5.75 Å². The number of aliphatic hydroxyl groups is 1. The standard InChI is InChI=1S/C16H25BrO2/c1-9(2)13(8-18)7-14-12(5)15(17)10(3)11(4)16(14)19-6/h9,13,18H,7-8H2,1-6H3. The van der Waals surface area contributed by atoms with Crippen molar-refractivity contribution in [3.63, 3.8) is 0 Å². The molecule has 0 radical (unpaired) electrons. The van der Waals surface area contributed by atoms with E-state index in [4.69, 9.17) is 4.74 Å². The van der Waals surface area contributed by atoms with Gasteiger partial charge in [0, 0.05) is 11.1 Å². The number of ether oxygens (including phenoxy) is 1. The van der Waals surface area contributed by atoms with Crippen molar-refractivity contribution < 1.29 is 9.84 Å². The quantitative estimate of drug-likeness (QED) is 0.878. The molecule has 0 bridgehead atoms. The Morgan fingerprint density at radius 3 is 2.11 bits per heavy atom. The topological polar surface area (TPSA) is 29.5 Å². The van der Waals surface area contributed by atoms with E-state index in [0.29, 0.717) is 5.92 Å². The Morgan fingerprint density at radius 1 is 1.11 bits per heavy atom. The van der Waals surface area contributed by atoms with E-state index in [0.717, 1.165) is 16.6 Å². The highest BCUT2D eigenvalue weighted by molar-refractivity contribution is 9.10. The molecule has 0 aliphatic rings. The van der Waals surface area contributed by atoms with Gasteiger partial charge in [0.15, 0.2) is 0 Å². The molecule has 0 spiro atoms. The SMILES string of the molecule is COc1c(C)c(C)c(Br)c(C)c1CC(CO)C(C)C. The van der Waals surface area contributed by atoms with E-state index in [9.17, 15) is 5.11 Å². The molecule has 0 saturated carbocycles. The highest BCUT2D eigenvalue weighted by Gasteiger charge is 2.21. The smallest absolute Gasteiger partial charge is 0.125 e. The number of hydrogen-bond donors (Lipinski definition) is 1. The predicted molar refractivity (Wildman–Crippen MR) is 84.0 cm³/mol. The fourth-order valence-electron chi connectivity index (χ4n) is 2.44. The average molecular weight is 329 g/mol. The Kier molecular flexibility index (Phi) is 5.87. The molecule has 1 unspecified atom stereocenters. The maximum absolute atomic E-state index is 9.55. The van der Waals surface area contributed by atoms with Crippen LogP contribution in [0.3, 0.4) is 0 Å². The summed E-state index contributed by atoms with van der Waals surface area (Å²) in [4.78, 5) is 0. The average Bonchev–Trinajstić information content (AvgIpc) is 2.38. The number of benzene rings is 1. The monoisotopic (exact) mass is 328 g/mol. The van der Waals surface area contributed by atoms with Crippen molar-refractivity contribution in [1.29, 1.82) is 0 Å². The summed E-state index contributed by atoms with van der Waals surface area (Å²) in [7, 11) is 1.72. The molecule has 3 heteroatoms. The third-order valence-electron chi connectivity index (χ3n) is 4.14. The largest absolute Gasteiger partial charge is 0.496 e. The van der Waals surface area contributed by atoms with Crippen LogP contribution >= 0.6 is 15.9 Å². The predicted octanol–water partition coefficient (Wildman–Crippen LogP) is 4.19. The van der Waals surface area contributed by atoms with E-state index >= 15 is 0 Å². The second-order valence-corrected chi connectivity index (χ2v) is 6.38. The van der Waals surface area contributed by atoms with Crippen molar-refractivity contribution in [3.05, 3.63) is 26.7 Å². The van der Waals surface area contributed by atoms with E-state index in [-0.39, 0.29) is 12.5 Å². The Morgan fingerprint density at radius 2 is 1.68 bits per heavy atom. The molecule has 0 aromatic heterocycles. The number of halogens is 1. The molecule has 1 aromatic carbocycles. The van der Waals surface area contributed by atoms with Crippen LogP contribution in [-0.4, -0.2) is 18.8 Å². The second kappa shape index (κ2) is 6.76. The molecule has 1 aromatic rings. The lowest BCUT2D eigenvalue weighted by Gasteiger charge is -2.24. The lowest BCUT2D eigenvalue weighted by atomic mass is 9.86. The van der Waals surface area contributed by atoms with Crippen LogP contribution in [0.15, 0.2) is 4.47 Å². The van der Waals surface area contributed by atoms with Gasteiger partial charge in [0.25, 0.3) is 0 Å². The van der Waals surface area contributed by atoms with E-state index in [1.54, 1.807) is 7.11 Å². The Labute approximate surface area is 125 Å². The summed E-state index contributed by atoms with van der Waals surface area (Å²) in [5.74, 6) is 1.69. The summed E-state index contributed by atoms with van der Waals surface area (Å²) >= 11 is 3.67. The van der Waals surface area contributed by atoms with Crippen molar-refractivity contribution >= 4 is 15.9 Å². The molecule has 0 aliphatic heterocycles. The van der Waals surface area contributed by atoms with Crippen LogP contribution in [0.2, 0.25) is 0 Å². The normalized spacial score (nSPS) is 12.9. The van der Waals surface area contributed by atoms with Gasteiger partial charge in [0.05, 0.1) is 7.11 Å². The summed E-state index contributed by atoms with van der Waals surface area (Å²) in [6.07, 6.45) is 0.850. The summed E-state index contributed by atoms with van der Waals surface area (Å²) in [5.41, 5.74) is 4.84. The summed E-state index contributed by atoms with van der Waals surface area (Å²) in [6, 6.07) is 0. The molecule has 0 fully saturated rings. The molecule has 0 amide bonds. The van der Waals surface area contributed by atoms with Gasteiger partial charge in [-0.1, -0.05) is 29.8 Å². The van der Waals surface area contributed by atoms with Crippen LogP contribution in [0.1, 0.15) is 36.1 Å². The molecule has 2 nitrogen and oxygen atoms in total. The highest BCUT2D eigenvalue weighted by atomic mass is 79.9. The van der Waals surface area contributed by atoms with Gasteiger partial charge in [-0.3, -0.25) is 0 Å². The van der Waals surface area contributed by atoms with Gasteiger partial charge in [-0.25, -0.2) is 0 Å². The third kappa shape index (κ3) is 3.32. The molecular weight excluding hydrogens is 304 g/mol. The van der Waals surface area contributed by atoms with Gasteiger partial charge in [-0.2, -0.15) is 0 Å². The van der Waals surface area contributed by atoms with E-state index in [1.807, 2.05) is 0 Å². The first-order valence-electron chi connectivity index (χ1n) is 6.78. The second-order valence-electron chi connectivity index (χ2n) is 5.59. The van der Waals surface area contributed by atoms with Crippen LogP contribution < -0.4 is 4.74 Å². The Balaban J connectivity index is 3.33. The van der Waals surface area contributed by atoms with Gasteiger partial charge >= 0.3 is 0 Å². The Bertz CT molecular complexity index is 453. The van der Waals surface area contributed by atoms with Crippen LogP contribution in [-0.2, 0) is 6.42 Å². The molecular formula is C16H25BrO2. The lowest BCUT2D eigenvalue weighted by Crippen LogP contribution is -2.18. The molecule has 19 heavy (non-hydrogen) atoms. The van der Waals surface area contributed by atoms with Gasteiger partial charge < -0.3 is 9.84 Å². The van der Waals surface area contributed by atoms with Crippen molar-refractivity contribution in [1.82, 2.24) is 0 Å². The maximum atomic E-state index is 9.55. The molecule has 1 atom stereocenters. The first-order valence-corrected chi connectivity index (χ1v) is 7.57. The summed E-state index contributed by atoms with van der Waals surface area (Å²) < 4.78 is 6.77. The van der Waals surface area contributed by atoms with Crippen molar-refractivity contribution in [2.45, 2.75) is 41.0 Å². The third-order valence-corrected chi connectivity index (χ3v) is 5.33. The zero-order valence-corrected chi connectivity index (χ0v) is 14.4. The zero-order valence-electron chi connectivity index (χ0n) is 12.8. The van der Waals surface area contributed by atoms with E-state index < -0.39 is 0 Å². The fraction of sp³-hybridized carbons (Fsp3) is 0.625. The summed E-state index contributed by atoms with van der Waals surface area (Å²) in [5, 5.41) is 9.55. The molecule has 1 N–H and O–H groups in total. The first-order chi connectivity index (χ1) is 8.84. The van der Waals surface area contributed by atoms with E-state index in [1.165, 1.54) is 22.3 Å². The van der Waals surface area contributed by atoms with Crippen LogP contribution in [0.5, 0.6) is 5.75 Å². The van der Waals surface area contributed by atoms with Crippen LogP contribution in [0, 0.1) is 32.6 Å². The van der Waals surface area contributed by atoms with Crippen molar-refractivity contribution in [2.75, 3.05) is 13.7 Å². The minimum atomic E-state index is 0.213. The highest BCUT2D eigenvalue weighted by Crippen LogP contribution is 2.37. The van der Waals surface area contributed by atoms with E-state index in [2.05, 4.69) is 50.5 Å². The first kappa shape index (κ1) is 16.5. The van der Waals surface area contributed by atoms with Crippen molar-refractivity contribution in [2.24, 2.45) is 11.8 Å². The summed E-state index contributed by atoms with van der Waals surface area (Å²) in [6.45, 7) is 10.8. The minimum absolute atomic E-state index is 0.213. The van der Waals surface area contributed by atoms with Crippen LogP contribution in [0.4, 0.5) is 0 Å². The van der Waals surface area contributed by atoms with Gasteiger partial charge in [0.1, 0.15) is 5.75 Å². The fourth-order valence-corrected chi connectivity index (χ4v) is 2.98. The van der Waals surface area contributed by atoms with Crippen LogP contribution in [0.25, 0.3) is 0 Å². The Hall–Kier alpha value is -0.540. The number of aliphatic hydroxyl groups excluding tert-OH is 1. The minimum Gasteiger partial charge on any atom is -0.496 e. The lowest BCUT2D eigenvalue weighted by molar-refractivity contribution is 0.188. The molecule has 0 heterocycles. The van der Waals surface area contributed by atoms with Gasteiger partial charge in [0.2, 0.25) is 0 Å². The molecule has 0 aliphatic carbocycles. The molecule has 0 saturated heterocycles. The van der Waals surface area contributed by atoms with Gasteiger partial charge in [-0.15, -0.1) is 0 Å². The molecule has 108 valence electrons. The number of rotatable bonds is 5. The number of methoxy groups -OCH3 is 1.